The highest BCUT2D eigenvalue weighted by molar-refractivity contribution is 14.0. The van der Waals surface area contributed by atoms with E-state index in [4.69, 9.17) is 4.74 Å². The van der Waals surface area contributed by atoms with Gasteiger partial charge in [-0.25, -0.2) is 13.4 Å². The molecule has 0 aliphatic heterocycles. The second kappa shape index (κ2) is 13.6. The molecule has 0 saturated carbocycles. The Kier molecular flexibility index (Phi) is 11.9. The number of guanidine groups is 1. The van der Waals surface area contributed by atoms with Gasteiger partial charge in [-0.3, -0.25) is 0 Å². The minimum absolute atomic E-state index is 0. The Bertz CT molecular complexity index is 962. The molecule has 0 spiro atoms. The summed E-state index contributed by atoms with van der Waals surface area (Å²) in [7, 11) is -3.21. The normalized spacial score (nSPS) is 11.5. The number of ether oxygens (including phenoxy) is 1. The molecule has 0 saturated heterocycles. The van der Waals surface area contributed by atoms with E-state index < -0.39 is 9.84 Å². The summed E-state index contributed by atoms with van der Waals surface area (Å²) in [5.41, 5.74) is 2.92. The highest BCUT2D eigenvalue weighted by Crippen LogP contribution is 2.17. The van der Waals surface area contributed by atoms with Crippen LogP contribution in [-0.4, -0.2) is 40.3 Å². The second-order valence-electron chi connectivity index (χ2n) is 7.24. The number of aliphatic imine (C=N–C) groups is 1. The lowest BCUT2D eigenvalue weighted by atomic mass is 10.1. The Morgan fingerprint density at radius 1 is 1.06 bits per heavy atom. The van der Waals surface area contributed by atoms with E-state index in [-0.39, 0.29) is 24.0 Å². The summed E-state index contributed by atoms with van der Waals surface area (Å²) in [6, 6.07) is 13.5. The summed E-state index contributed by atoms with van der Waals surface area (Å²) >= 11 is 0. The van der Waals surface area contributed by atoms with Gasteiger partial charge < -0.3 is 15.4 Å². The number of nitrogens with one attached hydrogen (secondary N) is 2. The molecule has 2 N–H and O–H groups in total. The molecule has 6 nitrogen and oxygen atoms in total. The van der Waals surface area contributed by atoms with Crippen LogP contribution in [0.15, 0.2) is 52.4 Å². The molecule has 0 unspecified atom stereocenters. The van der Waals surface area contributed by atoms with E-state index in [2.05, 4.69) is 34.7 Å². The third-order valence-electron chi connectivity index (χ3n) is 4.48. The van der Waals surface area contributed by atoms with Gasteiger partial charge in [-0.2, -0.15) is 0 Å². The molecule has 0 aliphatic carbocycles. The standard InChI is InChI=1S/C23H33N3O3S.HI/c1-5-14-29-21-9-7-8-19(16-21)12-13-25-23(24-6-2)26-17-20-10-11-22(18(3)15-20)30(4,27)28;/h7-11,15-16H,5-6,12-14,17H2,1-4H3,(H2,24,25,26);1H. The fraction of sp³-hybridized carbons (Fsp3) is 0.435. The largest absolute Gasteiger partial charge is 0.494 e. The minimum Gasteiger partial charge on any atom is -0.494 e. The minimum atomic E-state index is -3.21. The van der Waals surface area contributed by atoms with Gasteiger partial charge in [0, 0.05) is 19.3 Å². The lowest BCUT2D eigenvalue weighted by Crippen LogP contribution is -2.38. The van der Waals surface area contributed by atoms with Gasteiger partial charge in [0.05, 0.1) is 18.0 Å². The molecule has 0 bridgehead atoms. The fourth-order valence-corrected chi connectivity index (χ4v) is 4.03. The third kappa shape index (κ3) is 9.47. The summed E-state index contributed by atoms with van der Waals surface area (Å²) < 4.78 is 29.2. The lowest BCUT2D eigenvalue weighted by molar-refractivity contribution is 0.317. The zero-order chi connectivity index (χ0) is 22.0. The summed E-state index contributed by atoms with van der Waals surface area (Å²) in [4.78, 5) is 4.99. The predicted octanol–water partition coefficient (Wildman–Crippen LogP) is 4.10. The molecule has 0 amide bonds. The Balaban J connectivity index is 0.00000480. The Hall–Kier alpha value is -1.81. The van der Waals surface area contributed by atoms with Crippen molar-refractivity contribution in [2.75, 3.05) is 26.0 Å². The molecule has 0 fully saturated rings. The first-order chi connectivity index (χ1) is 14.3. The van der Waals surface area contributed by atoms with Crippen LogP contribution in [0.25, 0.3) is 0 Å². The fourth-order valence-electron chi connectivity index (χ4n) is 3.07. The van der Waals surface area contributed by atoms with Crippen LogP contribution in [0.1, 0.15) is 37.0 Å². The summed E-state index contributed by atoms with van der Waals surface area (Å²) in [6.45, 7) is 8.64. The van der Waals surface area contributed by atoms with Gasteiger partial charge in [-0.05, 0) is 61.6 Å². The molecule has 0 radical (unpaired) electrons. The van der Waals surface area contributed by atoms with Gasteiger partial charge in [0.2, 0.25) is 0 Å². The van der Waals surface area contributed by atoms with Gasteiger partial charge in [0.1, 0.15) is 5.75 Å². The van der Waals surface area contributed by atoms with Crippen LogP contribution in [0.2, 0.25) is 0 Å². The van der Waals surface area contributed by atoms with E-state index in [0.29, 0.717) is 11.4 Å². The number of hydrogen-bond acceptors (Lipinski definition) is 4. The molecule has 172 valence electrons. The van der Waals surface area contributed by atoms with Crippen molar-refractivity contribution >= 4 is 39.8 Å². The average molecular weight is 560 g/mol. The molecule has 0 aromatic heterocycles. The smallest absolute Gasteiger partial charge is 0.191 e. The predicted molar refractivity (Wildman–Crippen MR) is 138 cm³/mol. The molecule has 8 heteroatoms. The quantitative estimate of drug-likeness (QED) is 0.260. The summed E-state index contributed by atoms with van der Waals surface area (Å²) in [6.07, 6.45) is 3.08. The van der Waals surface area contributed by atoms with E-state index in [0.717, 1.165) is 55.4 Å². The number of benzene rings is 2. The molecule has 31 heavy (non-hydrogen) atoms. The maximum atomic E-state index is 11.8. The first-order valence-electron chi connectivity index (χ1n) is 10.4. The van der Waals surface area contributed by atoms with Crippen LogP contribution < -0.4 is 15.4 Å². The van der Waals surface area contributed by atoms with Crippen molar-refractivity contribution in [2.24, 2.45) is 4.99 Å². The summed E-state index contributed by atoms with van der Waals surface area (Å²) in [5.74, 6) is 1.64. The molecule has 0 atom stereocenters. The van der Waals surface area contributed by atoms with Crippen molar-refractivity contribution in [1.29, 1.82) is 0 Å². The molecular formula is C23H34IN3O3S. The van der Waals surface area contributed by atoms with Crippen molar-refractivity contribution < 1.29 is 13.2 Å². The number of nitrogens with zero attached hydrogens (tertiary/aromatic N) is 1. The number of sulfone groups is 1. The molecule has 2 aromatic carbocycles. The van der Waals surface area contributed by atoms with Gasteiger partial charge >= 0.3 is 0 Å². The van der Waals surface area contributed by atoms with Crippen LogP contribution in [-0.2, 0) is 22.8 Å². The molecule has 0 heterocycles. The number of rotatable bonds is 10. The highest BCUT2D eigenvalue weighted by atomic mass is 127. The van der Waals surface area contributed by atoms with E-state index >= 15 is 0 Å². The SMILES string of the molecule is CCCOc1cccc(CCNC(=NCc2ccc(S(C)(=O)=O)c(C)c2)NCC)c1.I. The molecule has 2 rings (SSSR count). The average Bonchev–Trinajstić information content (AvgIpc) is 2.70. The van der Waals surface area contributed by atoms with Crippen molar-refractivity contribution in [3.63, 3.8) is 0 Å². The summed E-state index contributed by atoms with van der Waals surface area (Å²) in [5, 5.41) is 6.60. The van der Waals surface area contributed by atoms with Crippen molar-refractivity contribution in [1.82, 2.24) is 10.6 Å². The van der Waals surface area contributed by atoms with Crippen LogP contribution in [0, 0.1) is 6.92 Å². The van der Waals surface area contributed by atoms with Crippen LogP contribution in [0.3, 0.4) is 0 Å². The zero-order valence-electron chi connectivity index (χ0n) is 18.8. The third-order valence-corrected chi connectivity index (χ3v) is 5.74. The van der Waals surface area contributed by atoms with E-state index in [1.165, 1.54) is 11.8 Å². The van der Waals surface area contributed by atoms with Gasteiger partial charge in [-0.1, -0.05) is 31.2 Å². The highest BCUT2D eigenvalue weighted by Gasteiger charge is 2.10. The van der Waals surface area contributed by atoms with Crippen molar-refractivity contribution in [2.45, 2.75) is 45.1 Å². The van der Waals surface area contributed by atoms with Crippen molar-refractivity contribution in [3.8, 4) is 5.75 Å². The lowest BCUT2D eigenvalue weighted by Gasteiger charge is -2.12. The number of hydrogen-bond donors (Lipinski definition) is 2. The first-order valence-corrected chi connectivity index (χ1v) is 12.3. The van der Waals surface area contributed by atoms with E-state index in [9.17, 15) is 8.42 Å². The van der Waals surface area contributed by atoms with Crippen LogP contribution in [0.4, 0.5) is 0 Å². The Labute approximate surface area is 203 Å². The Morgan fingerprint density at radius 3 is 2.48 bits per heavy atom. The van der Waals surface area contributed by atoms with Crippen LogP contribution in [0.5, 0.6) is 5.75 Å². The molecule has 0 aliphatic rings. The maximum absolute atomic E-state index is 11.8. The van der Waals surface area contributed by atoms with Gasteiger partial charge in [0.25, 0.3) is 0 Å². The van der Waals surface area contributed by atoms with Gasteiger partial charge in [0.15, 0.2) is 15.8 Å². The second-order valence-corrected chi connectivity index (χ2v) is 9.22. The number of halogens is 1. The maximum Gasteiger partial charge on any atom is 0.191 e. The molecular weight excluding hydrogens is 525 g/mol. The van der Waals surface area contributed by atoms with E-state index in [1.807, 2.05) is 38.1 Å². The topological polar surface area (TPSA) is 79.8 Å². The monoisotopic (exact) mass is 559 g/mol. The van der Waals surface area contributed by atoms with E-state index in [1.54, 1.807) is 6.07 Å². The van der Waals surface area contributed by atoms with Crippen molar-refractivity contribution in [3.05, 3.63) is 59.2 Å². The van der Waals surface area contributed by atoms with Crippen LogP contribution >= 0.6 is 24.0 Å². The zero-order valence-corrected chi connectivity index (χ0v) is 21.9. The number of aryl methyl sites for hydroxylation is 1. The first kappa shape index (κ1) is 27.2. The molecule has 2 aromatic rings. The Morgan fingerprint density at radius 2 is 1.84 bits per heavy atom. The van der Waals surface area contributed by atoms with Gasteiger partial charge in [-0.15, -0.1) is 24.0 Å².